The molecule has 1 N–H and O–H groups in total. The number of furan rings is 1. The van der Waals surface area contributed by atoms with E-state index in [4.69, 9.17) is 13.9 Å². The molecule has 9 heteroatoms. The lowest BCUT2D eigenvalue weighted by molar-refractivity contribution is -0.145. The SMILES string of the molecule is CC1Oc2ccccc2OC1C(=O)N1CCc2nc(NC(=O)c3ccoc3)sc2C1. The van der Waals surface area contributed by atoms with E-state index in [2.05, 4.69) is 10.3 Å². The lowest BCUT2D eigenvalue weighted by Crippen LogP contribution is -2.51. The van der Waals surface area contributed by atoms with E-state index in [1.807, 2.05) is 25.1 Å². The molecule has 5 rings (SSSR count). The smallest absolute Gasteiger partial charge is 0.267 e. The van der Waals surface area contributed by atoms with Crippen LogP contribution in [0, 0.1) is 0 Å². The van der Waals surface area contributed by atoms with Crippen LogP contribution in [0.2, 0.25) is 0 Å². The number of ether oxygens (including phenoxy) is 2. The fourth-order valence-corrected chi connectivity index (χ4v) is 4.59. The van der Waals surface area contributed by atoms with Gasteiger partial charge in [0.25, 0.3) is 11.8 Å². The summed E-state index contributed by atoms with van der Waals surface area (Å²) in [7, 11) is 0. The highest BCUT2D eigenvalue weighted by Crippen LogP contribution is 2.35. The summed E-state index contributed by atoms with van der Waals surface area (Å²) < 4.78 is 16.8. The number of carbonyl (C=O) groups is 2. The van der Waals surface area contributed by atoms with Crippen LogP contribution < -0.4 is 14.8 Å². The van der Waals surface area contributed by atoms with Gasteiger partial charge < -0.3 is 18.8 Å². The molecule has 2 aliphatic heterocycles. The van der Waals surface area contributed by atoms with Crippen molar-refractivity contribution in [2.45, 2.75) is 32.1 Å². The van der Waals surface area contributed by atoms with Gasteiger partial charge in [0.2, 0.25) is 6.10 Å². The average molecular weight is 425 g/mol. The molecule has 0 radical (unpaired) electrons. The summed E-state index contributed by atoms with van der Waals surface area (Å²) >= 11 is 1.38. The summed E-state index contributed by atoms with van der Waals surface area (Å²) in [4.78, 5) is 32.6. The van der Waals surface area contributed by atoms with Crippen LogP contribution in [0.5, 0.6) is 11.5 Å². The van der Waals surface area contributed by atoms with Crippen LogP contribution in [-0.4, -0.2) is 40.5 Å². The first kappa shape index (κ1) is 18.7. The zero-order valence-corrected chi connectivity index (χ0v) is 17.0. The van der Waals surface area contributed by atoms with E-state index < -0.39 is 6.10 Å². The number of anilines is 1. The molecule has 0 bridgehead atoms. The summed E-state index contributed by atoms with van der Waals surface area (Å²) in [5.41, 5.74) is 1.34. The molecule has 154 valence electrons. The van der Waals surface area contributed by atoms with Crippen molar-refractivity contribution in [2.24, 2.45) is 0 Å². The second kappa shape index (κ2) is 7.49. The van der Waals surface area contributed by atoms with Crippen molar-refractivity contribution in [3.05, 3.63) is 59.0 Å². The van der Waals surface area contributed by atoms with Crippen LogP contribution in [0.3, 0.4) is 0 Å². The Labute approximate surface area is 176 Å². The molecule has 8 nitrogen and oxygen atoms in total. The second-order valence-electron chi connectivity index (χ2n) is 7.17. The van der Waals surface area contributed by atoms with Crippen LogP contribution in [0.1, 0.15) is 27.9 Å². The summed E-state index contributed by atoms with van der Waals surface area (Å²) in [6, 6.07) is 8.94. The molecule has 4 heterocycles. The lowest BCUT2D eigenvalue weighted by Gasteiger charge is -2.35. The molecule has 0 saturated carbocycles. The van der Waals surface area contributed by atoms with Gasteiger partial charge in [-0.05, 0) is 25.1 Å². The Morgan fingerprint density at radius 1 is 1.20 bits per heavy atom. The number of thiazole rings is 1. The lowest BCUT2D eigenvalue weighted by atomic mass is 10.1. The zero-order chi connectivity index (χ0) is 20.7. The van der Waals surface area contributed by atoms with Gasteiger partial charge in [-0.25, -0.2) is 4.98 Å². The van der Waals surface area contributed by atoms with Gasteiger partial charge in [-0.15, -0.1) is 0 Å². The molecule has 0 aliphatic carbocycles. The molecule has 3 aromatic rings. The van der Waals surface area contributed by atoms with Gasteiger partial charge in [-0.1, -0.05) is 23.5 Å². The third kappa shape index (κ3) is 3.41. The standard InChI is InChI=1S/C21H19N3O5S/c1-12-18(29-16-5-3-2-4-15(16)28-12)20(26)24-8-6-14-17(10-24)30-21(22-14)23-19(25)13-7-9-27-11-13/h2-5,7,9,11-12,18H,6,8,10H2,1H3,(H,22,23,25). The quantitative estimate of drug-likeness (QED) is 0.693. The highest BCUT2D eigenvalue weighted by Gasteiger charge is 2.38. The predicted octanol–water partition coefficient (Wildman–Crippen LogP) is 3.10. The Kier molecular flexibility index (Phi) is 4.66. The topological polar surface area (TPSA) is 93.9 Å². The fourth-order valence-electron chi connectivity index (χ4n) is 3.57. The third-order valence-corrected chi connectivity index (χ3v) is 6.13. The minimum Gasteiger partial charge on any atom is -0.482 e. The molecule has 30 heavy (non-hydrogen) atoms. The number of amides is 2. The third-order valence-electron chi connectivity index (χ3n) is 5.13. The van der Waals surface area contributed by atoms with Crippen LogP contribution in [0.25, 0.3) is 0 Å². The summed E-state index contributed by atoms with van der Waals surface area (Å²) in [6.07, 6.45) is 2.36. The van der Waals surface area contributed by atoms with Gasteiger partial charge in [0, 0.05) is 17.8 Å². The molecule has 0 saturated heterocycles. The first-order valence-electron chi connectivity index (χ1n) is 9.62. The van der Waals surface area contributed by atoms with Gasteiger partial charge in [-0.2, -0.15) is 0 Å². The largest absolute Gasteiger partial charge is 0.482 e. The number of hydrogen-bond acceptors (Lipinski definition) is 7. The van der Waals surface area contributed by atoms with E-state index in [1.54, 1.807) is 17.0 Å². The fraction of sp³-hybridized carbons (Fsp3) is 0.286. The maximum atomic E-state index is 13.1. The number of nitrogens with zero attached hydrogens (tertiary/aromatic N) is 2. The number of aromatic nitrogens is 1. The van der Waals surface area contributed by atoms with Crippen molar-refractivity contribution in [1.82, 2.24) is 9.88 Å². The van der Waals surface area contributed by atoms with Crippen molar-refractivity contribution >= 4 is 28.3 Å². The van der Waals surface area contributed by atoms with Gasteiger partial charge in [0.15, 0.2) is 16.6 Å². The van der Waals surface area contributed by atoms with Gasteiger partial charge in [0.1, 0.15) is 12.4 Å². The molecule has 2 amide bonds. The zero-order valence-electron chi connectivity index (χ0n) is 16.2. The van der Waals surface area contributed by atoms with Crippen molar-refractivity contribution in [2.75, 3.05) is 11.9 Å². The van der Waals surface area contributed by atoms with E-state index >= 15 is 0 Å². The van der Waals surface area contributed by atoms with Crippen molar-refractivity contribution in [1.29, 1.82) is 0 Å². The summed E-state index contributed by atoms with van der Waals surface area (Å²) in [5.74, 6) is 0.840. The Bertz CT molecular complexity index is 1090. The van der Waals surface area contributed by atoms with E-state index in [-0.39, 0.29) is 17.9 Å². The molecule has 0 spiro atoms. The number of para-hydroxylation sites is 2. The first-order chi connectivity index (χ1) is 14.6. The minimum atomic E-state index is -0.699. The second-order valence-corrected chi connectivity index (χ2v) is 8.26. The highest BCUT2D eigenvalue weighted by molar-refractivity contribution is 7.15. The molecule has 0 fully saturated rings. The Balaban J connectivity index is 1.28. The monoisotopic (exact) mass is 425 g/mol. The van der Waals surface area contributed by atoms with Crippen LogP contribution in [0.4, 0.5) is 5.13 Å². The van der Waals surface area contributed by atoms with E-state index in [0.717, 1.165) is 10.6 Å². The summed E-state index contributed by atoms with van der Waals surface area (Å²) in [5, 5.41) is 3.30. The van der Waals surface area contributed by atoms with Gasteiger partial charge >= 0.3 is 0 Å². The molecular formula is C21H19N3O5S. The number of rotatable bonds is 3. The molecule has 2 aliphatic rings. The van der Waals surface area contributed by atoms with E-state index in [9.17, 15) is 9.59 Å². The first-order valence-corrected chi connectivity index (χ1v) is 10.4. The molecule has 2 aromatic heterocycles. The molecule has 1 aromatic carbocycles. The molecule has 2 unspecified atom stereocenters. The van der Waals surface area contributed by atoms with Crippen molar-refractivity contribution in [3.63, 3.8) is 0 Å². The number of hydrogen-bond donors (Lipinski definition) is 1. The van der Waals surface area contributed by atoms with Crippen LogP contribution in [0.15, 0.2) is 47.3 Å². The van der Waals surface area contributed by atoms with Crippen molar-refractivity contribution in [3.8, 4) is 11.5 Å². The maximum Gasteiger partial charge on any atom is 0.267 e. The van der Waals surface area contributed by atoms with Crippen LogP contribution >= 0.6 is 11.3 Å². The van der Waals surface area contributed by atoms with Crippen molar-refractivity contribution < 1.29 is 23.5 Å². The molecular weight excluding hydrogens is 406 g/mol. The van der Waals surface area contributed by atoms with Crippen LogP contribution in [-0.2, 0) is 17.8 Å². The minimum absolute atomic E-state index is 0.111. The Morgan fingerprint density at radius 2 is 2.00 bits per heavy atom. The predicted molar refractivity (Wildman–Crippen MR) is 109 cm³/mol. The van der Waals surface area contributed by atoms with Gasteiger partial charge in [0.05, 0.1) is 24.1 Å². The summed E-state index contributed by atoms with van der Waals surface area (Å²) in [6.45, 7) is 2.81. The number of fused-ring (bicyclic) bond motifs is 2. The maximum absolute atomic E-state index is 13.1. The van der Waals surface area contributed by atoms with E-state index in [0.29, 0.717) is 41.7 Å². The Hall–Kier alpha value is -3.33. The normalized spacial score (nSPS) is 19.8. The highest BCUT2D eigenvalue weighted by atomic mass is 32.1. The van der Waals surface area contributed by atoms with Gasteiger partial charge in [-0.3, -0.25) is 14.9 Å². The number of nitrogens with one attached hydrogen (secondary N) is 1. The van der Waals surface area contributed by atoms with E-state index in [1.165, 1.54) is 23.9 Å². The molecule has 2 atom stereocenters. The number of benzene rings is 1. The average Bonchev–Trinajstić information content (AvgIpc) is 3.41. The Morgan fingerprint density at radius 3 is 2.77 bits per heavy atom. The number of carbonyl (C=O) groups excluding carboxylic acids is 2.